The van der Waals surface area contributed by atoms with Crippen LogP contribution in [0.2, 0.25) is 0 Å². The summed E-state index contributed by atoms with van der Waals surface area (Å²) in [4.78, 5) is 12.8. The number of aliphatic imine (C=N–C) groups is 1. The molecule has 0 spiro atoms. The second kappa shape index (κ2) is 13.5. The van der Waals surface area contributed by atoms with E-state index in [0.29, 0.717) is 6.04 Å². The van der Waals surface area contributed by atoms with E-state index in [-0.39, 0.29) is 24.0 Å². The molecule has 3 rings (SSSR count). The zero-order valence-corrected chi connectivity index (χ0v) is 21.2. The van der Waals surface area contributed by atoms with Crippen LogP contribution >= 0.6 is 46.7 Å². The molecule has 6 nitrogen and oxygen atoms in total. The first-order valence-corrected chi connectivity index (χ1v) is 11.7. The van der Waals surface area contributed by atoms with Gasteiger partial charge in [-0.3, -0.25) is 9.89 Å². The Morgan fingerprint density at radius 1 is 1.28 bits per heavy atom. The van der Waals surface area contributed by atoms with Crippen LogP contribution in [-0.2, 0) is 11.2 Å². The van der Waals surface area contributed by atoms with Gasteiger partial charge in [-0.25, -0.2) is 4.98 Å². The lowest BCUT2D eigenvalue weighted by Gasteiger charge is -2.34. The molecule has 2 aromatic rings. The zero-order valence-electron chi connectivity index (χ0n) is 17.2. The summed E-state index contributed by atoms with van der Waals surface area (Å²) in [6.45, 7) is 7.40. The number of thiophene rings is 1. The Hall–Kier alpha value is -0.750. The summed E-state index contributed by atoms with van der Waals surface area (Å²) >= 11 is 3.58. The molecule has 1 fully saturated rings. The Morgan fingerprint density at radius 3 is 2.76 bits per heavy atom. The Labute approximate surface area is 199 Å². The van der Waals surface area contributed by atoms with Gasteiger partial charge in [0.2, 0.25) is 0 Å². The molecule has 2 aromatic heterocycles. The number of hydrogen-bond acceptors (Lipinski definition) is 6. The number of morpholine rings is 1. The minimum atomic E-state index is 0. The predicted octanol–water partition coefficient (Wildman–Crippen LogP) is 3.69. The van der Waals surface area contributed by atoms with Crippen LogP contribution in [0, 0.1) is 6.92 Å². The van der Waals surface area contributed by atoms with Crippen molar-refractivity contribution in [3.8, 4) is 0 Å². The average molecular weight is 550 g/mol. The number of aromatic nitrogens is 1. The Bertz CT molecular complexity index is 716. The van der Waals surface area contributed by atoms with E-state index in [4.69, 9.17) is 4.74 Å². The fourth-order valence-corrected chi connectivity index (χ4v) is 5.00. The van der Waals surface area contributed by atoms with Gasteiger partial charge >= 0.3 is 0 Å². The van der Waals surface area contributed by atoms with Gasteiger partial charge in [0, 0.05) is 49.2 Å². The summed E-state index contributed by atoms with van der Waals surface area (Å²) in [6.07, 6.45) is 3.31. The minimum Gasteiger partial charge on any atom is -0.379 e. The molecule has 1 unspecified atom stereocenters. The van der Waals surface area contributed by atoms with Crippen molar-refractivity contribution in [2.45, 2.75) is 32.2 Å². The lowest BCUT2D eigenvalue weighted by molar-refractivity contribution is 0.0177. The van der Waals surface area contributed by atoms with E-state index in [9.17, 15) is 0 Å². The highest BCUT2D eigenvalue weighted by molar-refractivity contribution is 14.0. The van der Waals surface area contributed by atoms with E-state index < -0.39 is 0 Å². The maximum atomic E-state index is 5.52. The van der Waals surface area contributed by atoms with Gasteiger partial charge in [0.1, 0.15) is 0 Å². The maximum absolute atomic E-state index is 5.52. The zero-order chi connectivity index (χ0) is 19.6. The van der Waals surface area contributed by atoms with Gasteiger partial charge in [-0.15, -0.1) is 46.7 Å². The molecular formula is C20H32IN5OS2. The topological polar surface area (TPSA) is 61.8 Å². The molecule has 0 amide bonds. The SMILES string of the molecule is CN=C(NCCCCc1nc(C)cs1)NCC(c1cccs1)N1CCOCC1.I. The monoisotopic (exact) mass is 549 g/mol. The molecule has 1 aliphatic rings. The predicted molar refractivity (Wildman–Crippen MR) is 134 cm³/mol. The van der Waals surface area contributed by atoms with Gasteiger partial charge < -0.3 is 15.4 Å². The Morgan fingerprint density at radius 2 is 2.10 bits per heavy atom. The third kappa shape index (κ3) is 8.12. The number of hydrogen-bond donors (Lipinski definition) is 2. The van der Waals surface area contributed by atoms with E-state index in [1.54, 1.807) is 11.3 Å². The number of aryl methyl sites for hydroxylation is 2. The first kappa shape index (κ1) is 24.5. The van der Waals surface area contributed by atoms with Crippen LogP contribution in [0.25, 0.3) is 0 Å². The number of halogens is 1. The van der Waals surface area contributed by atoms with Gasteiger partial charge in [-0.1, -0.05) is 6.07 Å². The standard InChI is InChI=1S/C20H31N5OS2.HI/c1-16-15-28-19(24-16)7-3-4-8-22-20(21-2)23-14-17(18-6-5-13-27-18)25-9-11-26-12-10-25;/h5-6,13,15,17H,3-4,7-12,14H2,1-2H3,(H2,21,22,23);1H. The Balaban J connectivity index is 0.00000300. The number of guanidine groups is 1. The lowest BCUT2D eigenvalue weighted by atomic mass is 10.2. The van der Waals surface area contributed by atoms with Crippen LogP contribution in [0.1, 0.15) is 34.5 Å². The van der Waals surface area contributed by atoms with Gasteiger partial charge in [0.05, 0.1) is 24.3 Å². The highest BCUT2D eigenvalue weighted by Gasteiger charge is 2.23. The van der Waals surface area contributed by atoms with Crippen LogP contribution < -0.4 is 10.6 Å². The van der Waals surface area contributed by atoms with E-state index in [1.807, 2.05) is 18.4 Å². The van der Waals surface area contributed by atoms with Crippen molar-refractivity contribution in [1.82, 2.24) is 20.5 Å². The molecule has 3 heterocycles. The number of rotatable bonds is 9. The smallest absolute Gasteiger partial charge is 0.191 e. The molecule has 0 radical (unpaired) electrons. The number of unbranched alkanes of at least 4 members (excludes halogenated alkanes) is 1. The van der Waals surface area contributed by atoms with Gasteiger partial charge in [0.25, 0.3) is 0 Å². The number of thiazole rings is 1. The first-order chi connectivity index (χ1) is 13.8. The molecule has 1 aliphatic heterocycles. The fourth-order valence-electron chi connectivity index (χ4n) is 3.32. The molecule has 0 saturated carbocycles. The van der Waals surface area contributed by atoms with Crippen LogP contribution in [0.4, 0.5) is 0 Å². The van der Waals surface area contributed by atoms with Crippen molar-refractivity contribution in [3.63, 3.8) is 0 Å². The van der Waals surface area contributed by atoms with Crippen molar-refractivity contribution in [1.29, 1.82) is 0 Å². The molecule has 1 atom stereocenters. The van der Waals surface area contributed by atoms with Crippen LogP contribution in [0.15, 0.2) is 27.9 Å². The van der Waals surface area contributed by atoms with Crippen molar-refractivity contribution < 1.29 is 4.74 Å². The summed E-state index contributed by atoms with van der Waals surface area (Å²) in [7, 11) is 1.84. The minimum absolute atomic E-state index is 0. The third-order valence-corrected chi connectivity index (χ3v) is 6.82. The van der Waals surface area contributed by atoms with E-state index in [1.165, 1.54) is 9.88 Å². The van der Waals surface area contributed by atoms with Crippen LogP contribution in [-0.4, -0.2) is 62.3 Å². The van der Waals surface area contributed by atoms with E-state index >= 15 is 0 Å². The quantitative estimate of drug-likeness (QED) is 0.216. The average Bonchev–Trinajstić information content (AvgIpc) is 3.39. The van der Waals surface area contributed by atoms with Gasteiger partial charge in [0.15, 0.2) is 5.96 Å². The summed E-state index contributed by atoms with van der Waals surface area (Å²) in [5.41, 5.74) is 1.13. The molecule has 0 aliphatic carbocycles. The summed E-state index contributed by atoms with van der Waals surface area (Å²) < 4.78 is 5.52. The molecule has 0 bridgehead atoms. The van der Waals surface area contributed by atoms with E-state index in [2.05, 4.69) is 55.3 Å². The molecule has 1 saturated heterocycles. The van der Waals surface area contributed by atoms with Crippen molar-refractivity contribution in [2.24, 2.45) is 4.99 Å². The molecule has 29 heavy (non-hydrogen) atoms. The third-order valence-electron chi connectivity index (χ3n) is 4.82. The maximum Gasteiger partial charge on any atom is 0.191 e. The number of nitrogens with zero attached hydrogens (tertiary/aromatic N) is 3. The molecule has 162 valence electrons. The second-order valence-electron chi connectivity index (χ2n) is 6.90. The summed E-state index contributed by atoms with van der Waals surface area (Å²) in [5, 5.41) is 12.5. The first-order valence-electron chi connectivity index (χ1n) is 9.97. The fraction of sp³-hybridized carbons (Fsp3) is 0.600. The molecule has 9 heteroatoms. The van der Waals surface area contributed by atoms with Crippen LogP contribution in [0.5, 0.6) is 0 Å². The second-order valence-corrected chi connectivity index (χ2v) is 8.82. The molecule has 0 aromatic carbocycles. The molecular weight excluding hydrogens is 517 g/mol. The van der Waals surface area contributed by atoms with Gasteiger partial charge in [-0.05, 0) is 37.6 Å². The largest absolute Gasteiger partial charge is 0.379 e. The lowest BCUT2D eigenvalue weighted by Crippen LogP contribution is -2.46. The van der Waals surface area contributed by atoms with Crippen LogP contribution in [0.3, 0.4) is 0 Å². The van der Waals surface area contributed by atoms with Crippen molar-refractivity contribution in [3.05, 3.63) is 38.5 Å². The van der Waals surface area contributed by atoms with Crippen molar-refractivity contribution >= 4 is 52.6 Å². The molecule has 2 N–H and O–H groups in total. The van der Waals surface area contributed by atoms with Crippen molar-refractivity contribution in [2.75, 3.05) is 46.4 Å². The number of nitrogens with one attached hydrogen (secondary N) is 2. The normalized spacial score (nSPS) is 16.3. The highest BCUT2D eigenvalue weighted by Crippen LogP contribution is 2.25. The van der Waals surface area contributed by atoms with E-state index in [0.717, 1.165) is 70.3 Å². The Kier molecular flexibility index (Phi) is 11.4. The van der Waals surface area contributed by atoms with Gasteiger partial charge in [-0.2, -0.15) is 0 Å². The highest BCUT2D eigenvalue weighted by atomic mass is 127. The number of ether oxygens (including phenoxy) is 1. The summed E-state index contributed by atoms with van der Waals surface area (Å²) in [6, 6.07) is 4.71. The summed E-state index contributed by atoms with van der Waals surface area (Å²) in [5.74, 6) is 0.875.